The summed E-state index contributed by atoms with van der Waals surface area (Å²) >= 11 is 1.00. The van der Waals surface area contributed by atoms with E-state index in [0.717, 1.165) is 11.8 Å². The molecule has 0 bridgehead atoms. The van der Waals surface area contributed by atoms with Crippen LogP contribution in [0.4, 0.5) is 5.69 Å². The Morgan fingerprint density at radius 3 is 2.87 bits per heavy atom. The first-order valence-corrected chi connectivity index (χ1v) is 6.32. The molecule has 1 aliphatic rings. The van der Waals surface area contributed by atoms with Gasteiger partial charge in [-0.15, -0.1) is 0 Å². The Morgan fingerprint density at radius 2 is 2.27 bits per heavy atom. The molecule has 0 fully saturated rings. The molecule has 5 nitrogen and oxygen atoms in total. The van der Waals surface area contributed by atoms with Crippen molar-refractivity contribution >= 4 is 27.6 Å². The van der Waals surface area contributed by atoms with Crippen LogP contribution in [0.25, 0.3) is 0 Å². The highest BCUT2D eigenvalue weighted by atomic mass is 32.3. The zero-order chi connectivity index (χ0) is 11.1. The summed E-state index contributed by atoms with van der Waals surface area (Å²) in [5.74, 6) is 0. The molecule has 7 heteroatoms. The molecule has 1 aliphatic heterocycles. The molecule has 1 unspecified atom stereocenters. The van der Waals surface area contributed by atoms with E-state index in [0.29, 0.717) is 16.1 Å². The number of hydrogen-bond donors (Lipinski definition) is 2. The van der Waals surface area contributed by atoms with Crippen LogP contribution in [-0.4, -0.2) is 17.7 Å². The van der Waals surface area contributed by atoms with Crippen LogP contribution in [0.15, 0.2) is 23.1 Å². The van der Waals surface area contributed by atoms with Crippen molar-refractivity contribution in [2.24, 2.45) is 0 Å². The molecule has 0 aromatic heterocycles. The van der Waals surface area contributed by atoms with E-state index in [1.807, 2.05) is 6.07 Å². The van der Waals surface area contributed by atoms with E-state index < -0.39 is 14.8 Å². The molecule has 0 spiro atoms. The molecular formula is C8H6N2O3S2. The van der Waals surface area contributed by atoms with Gasteiger partial charge in [-0.2, -0.15) is 13.7 Å². The number of nitriles is 1. The number of anilines is 1. The minimum Gasteiger partial charge on any atom is -0.358 e. The van der Waals surface area contributed by atoms with Crippen LogP contribution < -0.4 is 5.32 Å². The van der Waals surface area contributed by atoms with E-state index >= 15 is 0 Å². The van der Waals surface area contributed by atoms with Crippen molar-refractivity contribution in [1.82, 2.24) is 0 Å². The summed E-state index contributed by atoms with van der Waals surface area (Å²) in [4.78, 5) is 0.705. The topological polar surface area (TPSA) is 90.2 Å². The third kappa shape index (κ3) is 1.92. The third-order valence-corrected chi connectivity index (χ3v) is 4.51. The van der Waals surface area contributed by atoms with Gasteiger partial charge in [-0.25, -0.2) is 0 Å². The van der Waals surface area contributed by atoms with Gasteiger partial charge in [-0.3, -0.25) is 4.55 Å². The molecule has 2 rings (SSSR count). The quantitative estimate of drug-likeness (QED) is 0.720. The Labute approximate surface area is 90.8 Å². The maximum atomic E-state index is 10.9. The maximum Gasteiger partial charge on any atom is 0.296 e. The summed E-state index contributed by atoms with van der Waals surface area (Å²) in [5, 5.41) is 11.3. The molecule has 0 radical (unpaired) electrons. The smallest absolute Gasteiger partial charge is 0.296 e. The lowest BCUT2D eigenvalue weighted by Crippen LogP contribution is -2.21. The van der Waals surface area contributed by atoms with Gasteiger partial charge in [0.2, 0.25) is 4.71 Å². The first kappa shape index (κ1) is 10.3. The fourth-order valence-electron chi connectivity index (χ4n) is 1.22. The predicted octanol–water partition coefficient (Wildman–Crippen LogP) is 1.25. The summed E-state index contributed by atoms with van der Waals surface area (Å²) in [6, 6.07) is 6.74. The van der Waals surface area contributed by atoms with Gasteiger partial charge in [0.05, 0.1) is 17.3 Å². The lowest BCUT2D eigenvalue weighted by molar-refractivity contribution is 0.483. The van der Waals surface area contributed by atoms with Crippen molar-refractivity contribution in [3.8, 4) is 6.07 Å². The first-order chi connectivity index (χ1) is 7.00. The first-order valence-electron chi connectivity index (χ1n) is 3.94. The second kappa shape index (κ2) is 3.41. The van der Waals surface area contributed by atoms with Crippen molar-refractivity contribution in [1.29, 1.82) is 5.26 Å². The number of hydrogen-bond acceptors (Lipinski definition) is 5. The Bertz CT molecular complexity index is 547. The monoisotopic (exact) mass is 242 g/mol. The minimum atomic E-state index is -4.12. The normalized spacial score (nSPS) is 19.1. The van der Waals surface area contributed by atoms with Crippen LogP contribution in [-0.2, 0) is 10.1 Å². The Balaban J connectivity index is 2.37. The largest absolute Gasteiger partial charge is 0.358 e. The fraction of sp³-hybridized carbons (Fsp3) is 0.125. The molecule has 0 saturated carbocycles. The molecule has 0 amide bonds. The van der Waals surface area contributed by atoms with Crippen LogP contribution in [0, 0.1) is 11.3 Å². The van der Waals surface area contributed by atoms with E-state index in [9.17, 15) is 8.42 Å². The Hall–Kier alpha value is -1.23. The van der Waals surface area contributed by atoms with Crippen LogP contribution >= 0.6 is 11.8 Å². The van der Waals surface area contributed by atoms with Crippen molar-refractivity contribution in [2.45, 2.75) is 9.60 Å². The van der Waals surface area contributed by atoms with Gasteiger partial charge in [0.15, 0.2) is 0 Å². The number of benzene rings is 1. The summed E-state index contributed by atoms with van der Waals surface area (Å²) in [6.45, 7) is 0. The standard InChI is InChI=1S/C8H6N2O3S2/c9-4-5-1-2-7-6(3-5)10-8(14-7)15(11,12)13/h1-3,8,10H,(H,11,12,13). The van der Waals surface area contributed by atoms with Gasteiger partial charge >= 0.3 is 0 Å². The Morgan fingerprint density at radius 1 is 1.53 bits per heavy atom. The van der Waals surface area contributed by atoms with E-state index in [1.54, 1.807) is 18.2 Å². The highest BCUT2D eigenvalue weighted by molar-refractivity contribution is 8.12. The van der Waals surface area contributed by atoms with Gasteiger partial charge in [-0.1, -0.05) is 11.8 Å². The molecule has 1 atom stereocenters. The number of thioether (sulfide) groups is 1. The summed E-state index contributed by atoms with van der Waals surface area (Å²) in [5.41, 5.74) is 1.000. The maximum absolute atomic E-state index is 10.9. The Kier molecular flexibility index (Phi) is 2.34. The van der Waals surface area contributed by atoms with E-state index in [2.05, 4.69) is 5.32 Å². The lowest BCUT2D eigenvalue weighted by atomic mass is 10.2. The molecule has 1 aromatic rings. The number of nitrogens with one attached hydrogen (secondary N) is 1. The second-order valence-electron chi connectivity index (χ2n) is 2.93. The SMILES string of the molecule is N#Cc1ccc2c(c1)NC(S(=O)(=O)O)S2. The van der Waals surface area contributed by atoms with Gasteiger partial charge in [0.1, 0.15) is 0 Å². The highest BCUT2D eigenvalue weighted by Gasteiger charge is 2.31. The van der Waals surface area contributed by atoms with Crippen molar-refractivity contribution in [3.05, 3.63) is 23.8 Å². The number of fused-ring (bicyclic) bond motifs is 1. The molecule has 1 aromatic carbocycles. The van der Waals surface area contributed by atoms with Crippen molar-refractivity contribution in [3.63, 3.8) is 0 Å². The van der Waals surface area contributed by atoms with Crippen LogP contribution in [0.5, 0.6) is 0 Å². The third-order valence-electron chi connectivity index (χ3n) is 1.89. The van der Waals surface area contributed by atoms with Crippen LogP contribution in [0.3, 0.4) is 0 Å². The van der Waals surface area contributed by atoms with Crippen molar-refractivity contribution < 1.29 is 13.0 Å². The van der Waals surface area contributed by atoms with E-state index in [-0.39, 0.29) is 0 Å². The molecule has 0 saturated heterocycles. The van der Waals surface area contributed by atoms with E-state index in [1.165, 1.54) is 0 Å². The molecular weight excluding hydrogens is 236 g/mol. The predicted molar refractivity (Wildman–Crippen MR) is 56.0 cm³/mol. The van der Waals surface area contributed by atoms with Gasteiger partial charge < -0.3 is 5.32 Å². The summed E-state index contributed by atoms with van der Waals surface area (Å²) in [6.07, 6.45) is 0. The minimum absolute atomic E-state index is 0.442. The zero-order valence-corrected chi connectivity index (χ0v) is 8.97. The highest BCUT2D eigenvalue weighted by Crippen LogP contribution is 2.40. The number of nitrogens with zero attached hydrogens (tertiary/aromatic N) is 1. The average Bonchev–Trinajstić information content (AvgIpc) is 2.59. The molecule has 2 N–H and O–H groups in total. The fourth-order valence-corrected chi connectivity index (χ4v) is 3.10. The molecule has 0 aliphatic carbocycles. The molecule has 1 heterocycles. The van der Waals surface area contributed by atoms with E-state index in [4.69, 9.17) is 9.81 Å². The van der Waals surface area contributed by atoms with Crippen molar-refractivity contribution in [2.75, 3.05) is 5.32 Å². The van der Waals surface area contributed by atoms with Gasteiger partial charge in [0.25, 0.3) is 10.1 Å². The lowest BCUT2D eigenvalue weighted by Gasteiger charge is -2.04. The van der Waals surface area contributed by atoms with Gasteiger partial charge in [0, 0.05) is 4.90 Å². The average molecular weight is 242 g/mol. The zero-order valence-electron chi connectivity index (χ0n) is 7.34. The van der Waals surface area contributed by atoms with Gasteiger partial charge in [-0.05, 0) is 18.2 Å². The molecule has 15 heavy (non-hydrogen) atoms. The summed E-state index contributed by atoms with van der Waals surface area (Å²) < 4.78 is 29.5. The molecule has 78 valence electrons. The van der Waals surface area contributed by atoms with Crippen LogP contribution in [0.1, 0.15) is 5.56 Å². The van der Waals surface area contributed by atoms with Crippen LogP contribution in [0.2, 0.25) is 0 Å². The second-order valence-corrected chi connectivity index (χ2v) is 5.88. The summed E-state index contributed by atoms with van der Waals surface area (Å²) in [7, 11) is -4.12. The number of rotatable bonds is 1.